The van der Waals surface area contributed by atoms with Crippen molar-refractivity contribution < 1.29 is 18.7 Å². The van der Waals surface area contributed by atoms with E-state index in [0.717, 1.165) is 6.42 Å². The van der Waals surface area contributed by atoms with Crippen LogP contribution in [0.25, 0.3) is 0 Å². The lowest BCUT2D eigenvalue weighted by Gasteiger charge is -2.25. The Morgan fingerprint density at radius 2 is 2.32 bits per heavy atom. The molecule has 1 N–H and O–H groups in total. The van der Waals surface area contributed by atoms with Gasteiger partial charge >= 0.3 is 6.09 Å². The molecule has 102 valence electrons. The molecule has 0 saturated carbocycles. The van der Waals surface area contributed by atoms with Crippen LogP contribution in [0.4, 0.5) is 14.9 Å². The van der Waals surface area contributed by atoms with Crippen molar-refractivity contribution in [2.75, 3.05) is 25.0 Å². The van der Waals surface area contributed by atoms with Gasteiger partial charge in [0.1, 0.15) is 5.82 Å². The summed E-state index contributed by atoms with van der Waals surface area (Å²) >= 11 is 0. The summed E-state index contributed by atoms with van der Waals surface area (Å²) in [6.45, 7) is 1.34. The van der Waals surface area contributed by atoms with E-state index in [-0.39, 0.29) is 18.4 Å². The second-order valence-electron chi connectivity index (χ2n) is 4.26. The Bertz CT molecular complexity index is 479. The number of benzene rings is 1. The summed E-state index contributed by atoms with van der Waals surface area (Å²) in [5.74, 6) is -0.665. The number of amides is 2. The van der Waals surface area contributed by atoms with Crippen LogP contribution in [-0.4, -0.2) is 36.6 Å². The van der Waals surface area contributed by atoms with Gasteiger partial charge < -0.3 is 15.0 Å². The third kappa shape index (κ3) is 3.94. The van der Waals surface area contributed by atoms with Crippen LogP contribution in [0, 0.1) is 5.82 Å². The fourth-order valence-electron chi connectivity index (χ4n) is 1.83. The van der Waals surface area contributed by atoms with E-state index in [1.807, 2.05) is 0 Å². The lowest BCUT2D eigenvalue weighted by Crippen LogP contribution is -2.39. The van der Waals surface area contributed by atoms with Crippen LogP contribution in [0.2, 0.25) is 0 Å². The molecule has 0 bridgehead atoms. The number of nitrogens with one attached hydrogen (secondary N) is 1. The molecule has 19 heavy (non-hydrogen) atoms. The summed E-state index contributed by atoms with van der Waals surface area (Å²) < 4.78 is 17.8. The molecule has 5 nitrogen and oxygen atoms in total. The number of hydrogen-bond donors (Lipinski definition) is 1. The number of anilines is 1. The molecule has 1 aromatic carbocycles. The maximum absolute atomic E-state index is 12.9. The topological polar surface area (TPSA) is 58.6 Å². The molecule has 0 aliphatic carbocycles. The Hall–Kier alpha value is -2.11. The van der Waals surface area contributed by atoms with E-state index in [1.165, 1.54) is 23.1 Å². The molecule has 0 atom stereocenters. The standard InChI is InChI=1S/C13H15FN2O3/c14-10-3-1-4-11(9-10)15-12(17)5-7-16-6-2-8-19-13(16)18/h1,3-4,9H,2,5-8H2,(H,15,17). The van der Waals surface area contributed by atoms with Gasteiger partial charge in [-0.15, -0.1) is 0 Å². The van der Waals surface area contributed by atoms with Gasteiger partial charge in [-0.05, 0) is 24.6 Å². The highest BCUT2D eigenvalue weighted by Gasteiger charge is 2.19. The Labute approximate surface area is 110 Å². The summed E-state index contributed by atoms with van der Waals surface area (Å²) in [5, 5.41) is 2.58. The van der Waals surface area contributed by atoms with Crippen LogP contribution in [0.3, 0.4) is 0 Å². The van der Waals surface area contributed by atoms with Crippen molar-refractivity contribution in [2.45, 2.75) is 12.8 Å². The third-order valence-corrected chi connectivity index (χ3v) is 2.77. The van der Waals surface area contributed by atoms with Crippen molar-refractivity contribution >= 4 is 17.7 Å². The van der Waals surface area contributed by atoms with Crippen LogP contribution in [0.1, 0.15) is 12.8 Å². The van der Waals surface area contributed by atoms with E-state index >= 15 is 0 Å². The molecule has 1 aromatic rings. The molecule has 0 aromatic heterocycles. The monoisotopic (exact) mass is 266 g/mol. The predicted octanol–water partition coefficient (Wildman–Crippen LogP) is 2.00. The molecule has 1 heterocycles. The van der Waals surface area contributed by atoms with Gasteiger partial charge in [0.15, 0.2) is 0 Å². The minimum Gasteiger partial charge on any atom is -0.449 e. The molecule has 1 fully saturated rings. The second-order valence-corrected chi connectivity index (χ2v) is 4.26. The summed E-state index contributed by atoms with van der Waals surface area (Å²) in [6, 6.07) is 5.68. The van der Waals surface area contributed by atoms with Gasteiger partial charge in [-0.3, -0.25) is 4.79 Å². The van der Waals surface area contributed by atoms with Crippen LogP contribution in [0.15, 0.2) is 24.3 Å². The first-order valence-corrected chi connectivity index (χ1v) is 6.12. The minimum absolute atomic E-state index is 0.158. The number of ether oxygens (including phenoxy) is 1. The van der Waals surface area contributed by atoms with E-state index in [0.29, 0.717) is 25.4 Å². The molecule has 0 spiro atoms. The first-order valence-electron chi connectivity index (χ1n) is 6.12. The number of nitrogens with zero attached hydrogens (tertiary/aromatic N) is 1. The fourth-order valence-corrected chi connectivity index (χ4v) is 1.83. The highest BCUT2D eigenvalue weighted by atomic mass is 19.1. The number of carbonyl (C=O) groups is 2. The van der Waals surface area contributed by atoms with Gasteiger partial charge in [0.05, 0.1) is 6.61 Å². The van der Waals surface area contributed by atoms with Gasteiger partial charge in [0.25, 0.3) is 0 Å². The van der Waals surface area contributed by atoms with Crippen molar-refractivity contribution in [1.29, 1.82) is 0 Å². The second kappa shape index (κ2) is 6.17. The summed E-state index contributed by atoms with van der Waals surface area (Å²) in [4.78, 5) is 24.5. The van der Waals surface area contributed by atoms with Gasteiger partial charge in [0, 0.05) is 25.2 Å². The van der Waals surface area contributed by atoms with Gasteiger partial charge in [0.2, 0.25) is 5.91 Å². The smallest absolute Gasteiger partial charge is 0.409 e. The Morgan fingerprint density at radius 3 is 3.05 bits per heavy atom. The van der Waals surface area contributed by atoms with Crippen molar-refractivity contribution in [2.24, 2.45) is 0 Å². The summed E-state index contributed by atoms with van der Waals surface area (Å²) in [5.41, 5.74) is 0.409. The van der Waals surface area contributed by atoms with Crippen molar-refractivity contribution in [3.8, 4) is 0 Å². The van der Waals surface area contributed by atoms with E-state index in [4.69, 9.17) is 4.74 Å². The van der Waals surface area contributed by atoms with Gasteiger partial charge in [-0.1, -0.05) is 6.07 Å². The average Bonchev–Trinajstić information content (AvgIpc) is 2.38. The lowest BCUT2D eigenvalue weighted by atomic mass is 10.3. The Kier molecular flexibility index (Phi) is 4.33. The van der Waals surface area contributed by atoms with E-state index < -0.39 is 5.82 Å². The molecular formula is C13H15FN2O3. The maximum Gasteiger partial charge on any atom is 0.409 e. The van der Waals surface area contributed by atoms with Crippen LogP contribution in [0.5, 0.6) is 0 Å². The Balaban J connectivity index is 1.80. The number of cyclic esters (lactones) is 1. The average molecular weight is 266 g/mol. The zero-order valence-electron chi connectivity index (χ0n) is 10.4. The third-order valence-electron chi connectivity index (χ3n) is 2.77. The first-order chi connectivity index (χ1) is 9.15. The zero-order valence-corrected chi connectivity index (χ0v) is 10.4. The van der Waals surface area contributed by atoms with E-state index in [2.05, 4.69) is 5.32 Å². The van der Waals surface area contributed by atoms with Crippen LogP contribution in [-0.2, 0) is 9.53 Å². The highest BCUT2D eigenvalue weighted by molar-refractivity contribution is 5.91. The quantitative estimate of drug-likeness (QED) is 0.906. The van der Waals surface area contributed by atoms with Crippen molar-refractivity contribution in [1.82, 2.24) is 4.90 Å². The number of rotatable bonds is 4. The van der Waals surface area contributed by atoms with Crippen molar-refractivity contribution in [3.05, 3.63) is 30.1 Å². The summed E-state index contributed by atoms with van der Waals surface area (Å²) in [6.07, 6.45) is 0.549. The fraction of sp³-hybridized carbons (Fsp3) is 0.385. The van der Waals surface area contributed by atoms with Crippen molar-refractivity contribution in [3.63, 3.8) is 0 Å². The molecule has 2 rings (SSSR count). The Morgan fingerprint density at radius 1 is 1.47 bits per heavy atom. The van der Waals surface area contributed by atoms with Gasteiger partial charge in [-0.25, -0.2) is 9.18 Å². The van der Waals surface area contributed by atoms with Crippen LogP contribution < -0.4 is 5.32 Å². The largest absolute Gasteiger partial charge is 0.449 e. The molecule has 0 radical (unpaired) electrons. The summed E-state index contributed by atoms with van der Waals surface area (Å²) in [7, 11) is 0. The molecule has 2 amide bonds. The first kappa shape index (κ1) is 13.3. The van der Waals surface area contributed by atoms with Gasteiger partial charge in [-0.2, -0.15) is 0 Å². The van der Waals surface area contributed by atoms with E-state index in [1.54, 1.807) is 6.07 Å². The minimum atomic E-state index is -0.405. The van der Waals surface area contributed by atoms with Crippen LogP contribution >= 0.6 is 0 Å². The molecular weight excluding hydrogens is 251 g/mol. The molecule has 6 heteroatoms. The maximum atomic E-state index is 12.9. The number of hydrogen-bond acceptors (Lipinski definition) is 3. The number of carbonyl (C=O) groups excluding carboxylic acids is 2. The highest BCUT2D eigenvalue weighted by Crippen LogP contribution is 2.10. The normalized spacial score (nSPS) is 15.0. The molecule has 0 unspecified atom stereocenters. The predicted molar refractivity (Wildman–Crippen MR) is 67.2 cm³/mol. The van der Waals surface area contributed by atoms with E-state index in [9.17, 15) is 14.0 Å². The zero-order chi connectivity index (χ0) is 13.7. The lowest BCUT2D eigenvalue weighted by molar-refractivity contribution is -0.116. The SMILES string of the molecule is O=C(CCN1CCCOC1=O)Nc1cccc(F)c1. The molecule has 1 saturated heterocycles. The molecule has 1 aliphatic rings. The molecule has 1 aliphatic heterocycles. The number of halogens is 1.